The minimum Gasteiger partial charge on any atom is -0.258 e. The van der Waals surface area contributed by atoms with E-state index in [4.69, 9.17) is 0 Å². The fraction of sp³-hybridized carbons (Fsp3) is 0.222. The maximum atomic E-state index is 12.9. The summed E-state index contributed by atoms with van der Waals surface area (Å²) in [6.07, 6.45) is 0. The first-order valence-corrected chi connectivity index (χ1v) is 11.8. The van der Waals surface area contributed by atoms with E-state index in [2.05, 4.69) is 16.0 Å². The van der Waals surface area contributed by atoms with Crippen LogP contribution in [0.15, 0.2) is 70.5 Å². The number of nitrogens with zero attached hydrogens (tertiary/aromatic N) is 2. The average Bonchev–Trinajstić information content (AvgIpc) is 2.72. The van der Waals surface area contributed by atoms with Crippen LogP contribution < -0.4 is 9.44 Å². The quantitative estimate of drug-likeness (QED) is 0.292. The number of rotatable bonds is 10. The summed E-state index contributed by atoms with van der Waals surface area (Å²) >= 11 is 0. The maximum Gasteiger partial charge on any atom is 0.289 e. The lowest BCUT2D eigenvalue weighted by Gasteiger charge is -2.31. The van der Waals surface area contributed by atoms with Gasteiger partial charge < -0.3 is 0 Å². The molecule has 0 radical (unpaired) electrons. The van der Waals surface area contributed by atoms with Gasteiger partial charge in [-0.25, -0.2) is 21.6 Å². The van der Waals surface area contributed by atoms with Crippen molar-refractivity contribution < 1.29 is 26.7 Å². The third-order valence-electron chi connectivity index (χ3n) is 4.62. The second kappa shape index (κ2) is 9.12. The van der Waals surface area contributed by atoms with E-state index in [0.717, 1.165) is 24.3 Å². The van der Waals surface area contributed by atoms with Gasteiger partial charge in [-0.15, -0.1) is 0 Å². The molecule has 0 bridgehead atoms. The lowest BCUT2D eigenvalue weighted by atomic mass is 9.96. The Hall–Kier alpha value is -3.20. The Bertz CT molecular complexity index is 1290. The van der Waals surface area contributed by atoms with Crippen LogP contribution in [-0.2, 0) is 20.0 Å². The van der Waals surface area contributed by atoms with Gasteiger partial charge in [0.25, 0.3) is 11.4 Å². The molecular formula is C18H20N4O8S2. The molecule has 0 heterocycles. The molecule has 0 saturated heterocycles. The van der Waals surface area contributed by atoms with Gasteiger partial charge in [-0.2, -0.15) is 4.72 Å². The van der Waals surface area contributed by atoms with Gasteiger partial charge in [0, 0.05) is 18.7 Å². The van der Waals surface area contributed by atoms with Crippen molar-refractivity contribution in [2.24, 2.45) is 0 Å². The molecule has 0 aromatic heterocycles. The van der Waals surface area contributed by atoms with Gasteiger partial charge in [0.15, 0.2) is 9.79 Å². The zero-order valence-corrected chi connectivity index (χ0v) is 18.6. The van der Waals surface area contributed by atoms with E-state index in [1.165, 1.54) is 38.1 Å². The molecule has 32 heavy (non-hydrogen) atoms. The Balaban J connectivity index is 2.39. The van der Waals surface area contributed by atoms with Crippen molar-refractivity contribution in [2.75, 3.05) is 6.54 Å². The Labute approximate surface area is 184 Å². The standard InChI is InChI=1S/C18H20N4O8S2/c1-13(2)18(3,20-32(29,30)17-11-7-5-9-15(17)22(25)26)12-19-31(27,28)16-10-6-4-8-14(16)21(23)24/h4-11,19-20H,1,12H2,2-3H3. The number of para-hydroxylation sites is 2. The number of sulfonamides is 2. The summed E-state index contributed by atoms with van der Waals surface area (Å²) < 4.78 is 55.6. The van der Waals surface area contributed by atoms with Crippen LogP contribution in [0.25, 0.3) is 0 Å². The summed E-state index contributed by atoms with van der Waals surface area (Å²) in [5, 5.41) is 22.4. The molecule has 2 aromatic carbocycles. The number of hydrogen-bond donors (Lipinski definition) is 2. The summed E-state index contributed by atoms with van der Waals surface area (Å²) in [7, 11) is -8.91. The predicted octanol–water partition coefficient (Wildman–Crippen LogP) is 2.09. The predicted molar refractivity (Wildman–Crippen MR) is 115 cm³/mol. The lowest BCUT2D eigenvalue weighted by Crippen LogP contribution is -2.54. The highest BCUT2D eigenvalue weighted by Crippen LogP contribution is 2.27. The van der Waals surface area contributed by atoms with E-state index in [1.807, 2.05) is 0 Å². The largest absolute Gasteiger partial charge is 0.289 e. The molecule has 0 spiro atoms. The molecule has 0 aliphatic heterocycles. The van der Waals surface area contributed by atoms with Gasteiger partial charge in [-0.3, -0.25) is 20.2 Å². The molecule has 2 aromatic rings. The van der Waals surface area contributed by atoms with Crippen LogP contribution in [-0.4, -0.2) is 38.8 Å². The summed E-state index contributed by atoms with van der Waals surface area (Å²) in [5.74, 6) is 0. The minimum absolute atomic E-state index is 0.185. The zero-order valence-electron chi connectivity index (χ0n) is 17.0. The van der Waals surface area contributed by atoms with E-state index in [1.54, 1.807) is 0 Å². The molecular weight excluding hydrogens is 464 g/mol. The van der Waals surface area contributed by atoms with Gasteiger partial charge >= 0.3 is 0 Å². The molecule has 1 unspecified atom stereocenters. The summed E-state index contributed by atoms with van der Waals surface area (Å²) in [5.41, 5.74) is -2.76. The molecule has 2 N–H and O–H groups in total. The molecule has 12 nitrogen and oxygen atoms in total. The Morgan fingerprint density at radius 1 is 0.906 bits per heavy atom. The lowest BCUT2D eigenvalue weighted by molar-refractivity contribution is -0.388. The van der Waals surface area contributed by atoms with Crippen LogP contribution in [0.5, 0.6) is 0 Å². The third-order valence-corrected chi connectivity index (χ3v) is 7.71. The van der Waals surface area contributed by atoms with Gasteiger partial charge in [0.2, 0.25) is 20.0 Å². The van der Waals surface area contributed by atoms with Gasteiger partial charge in [-0.05, 0) is 26.0 Å². The highest BCUT2D eigenvalue weighted by atomic mass is 32.2. The average molecular weight is 485 g/mol. The van der Waals surface area contributed by atoms with Crippen molar-refractivity contribution in [1.82, 2.24) is 9.44 Å². The highest BCUT2D eigenvalue weighted by Gasteiger charge is 2.36. The zero-order chi connectivity index (χ0) is 24.3. The normalized spacial score (nSPS) is 13.8. The minimum atomic E-state index is -4.49. The van der Waals surface area contributed by atoms with Gasteiger partial charge in [0.1, 0.15) is 0 Å². The van der Waals surface area contributed by atoms with E-state index in [-0.39, 0.29) is 5.57 Å². The molecule has 0 fully saturated rings. The number of benzene rings is 2. The highest BCUT2D eigenvalue weighted by molar-refractivity contribution is 7.90. The Morgan fingerprint density at radius 2 is 1.31 bits per heavy atom. The monoisotopic (exact) mass is 484 g/mol. The fourth-order valence-electron chi connectivity index (χ4n) is 2.61. The summed E-state index contributed by atoms with van der Waals surface area (Å²) in [6, 6.07) is 9.32. The first-order chi connectivity index (χ1) is 14.7. The second-order valence-corrected chi connectivity index (χ2v) is 10.4. The van der Waals surface area contributed by atoms with Gasteiger partial charge in [-0.1, -0.05) is 36.4 Å². The molecule has 172 valence electrons. The van der Waals surface area contributed by atoms with E-state index < -0.39 is 63.1 Å². The molecule has 0 aliphatic carbocycles. The number of hydrogen-bond acceptors (Lipinski definition) is 8. The first-order valence-electron chi connectivity index (χ1n) is 8.88. The number of nitrogens with one attached hydrogen (secondary N) is 2. The van der Waals surface area contributed by atoms with Crippen molar-refractivity contribution in [1.29, 1.82) is 0 Å². The van der Waals surface area contributed by atoms with Crippen LogP contribution in [0, 0.1) is 20.2 Å². The maximum absolute atomic E-state index is 12.9. The van der Waals surface area contributed by atoms with Crippen molar-refractivity contribution in [2.45, 2.75) is 29.2 Å². The van der Waals surface area contributed by atoms with E-state index in [9.17, 15) is 37.1 Å². The number of nitro groups is 2. The van der Waals surface area contributed by atoms with Crippen molar-refractivity contribution >= 4 is 31.4 Å². The van der Waals surface area contributed by atoms with Crippen LogP contribution in [0.1, 0.15) is 13.8 Å². The fourth-order valence-corrected chi connectivity index (χ4v) is 5.55. The van der Waals surface area contributed by atoms with Crippen molar-refractivity contribution in [3.05, 3.63) is 80.9 Å². The van der Waals surface area contributed by atoms with E-state index >= 15 is 0 Å². The van der Waals surface area contributed by atoms with Gasteiger partial charge in [0.05, 0.1) is 15.4 Å². The third kappa shape index (κ3) is 5.34. The molecule has 2 rings (SSSR count). The molecule has 0 saturated carbocycles. The van der Waals surface area contributed by atoms with Crippen molar-refractivity contribution in [3.8, 4) is 0 Å². The Kier molecular flexibility index (Phi) is 7.14. The molecule has 0 amide bonds. The van der Waals surface area contributed by atoms with Crippen LogP contribution in [0.2, 0.25) is 0 Å². The SMILES string of the molecule is C=C(C)C(C)(CNS(=O)(=O)c1ccccc1[N+](=O)[O-])NS(=O)(=O)c1ccccc1[N+](=O)[O-]. The molecule has 14 heteroatoms. The molecule has 1 atom stereocenters. The van der Waals surface area contributed by atoms with Crippen LogP contribution in [0.3, 0.4) is 0 Å². The van der Waals surface area contributed by atoms with Crippen molar-refractivity contribution in [3.63, 3.8) is 0 Å². The second-order valence-electron chi connectivity index (χ2n) is 6.99. The Morgan fingerprint density at radius 3 is 1.72 bits per heavy atom. The smallest absolute Gasteiger partial charge is 0.258 e. The number of nitro benzene ring substituents is 2. The first kappa shape index (κ1) is 25.1. The van der Waals surface area contributed by atoms with Crippen LogP contribution >= 0.6 is 0 Å². The summed E-state index contributed by atoms with van der Waals surface area (Å²) in [6.45, 7) is 5.86. The molecule has 0 aliphatic rings. The topological polar surface area (TPSA) is 179 Å². The van der Waals surface area contributed by atoms with Crippen LogP contribution in [0.4, 0.5) is 11.4 Å². The van der Waals surface area contributed by atoms with E-state index in [0.29, 0.717) is 0 Å². The summed E-state index contributed by atoms with van der Waals surface area (Å²) in [4.78, 5) is 19.5.